The van der Waals surface area contributed by atoms with Crippen LogP contribution in [0.1, 0.15) is 12.8 Å². The van der Waals surface area contributed by atoms with Gasteiger partial charge in [-0.2, -0.15) is 0 Å². The molecule has 1 aliphatic carbocycles. The summed E-state index contributed by atoms with van der Waals surface area (Å²) in [6.45, 7) is 0. The number of aliphatic hydroxyl groups excluding tert-OH is 1. The van der Waals surface area contributed by atoms with Gasteiger partial charge in [0.1, 0.15) is 5.25 Å². The zero-order valence-electron chi connectivity index (χ0n) is 8.78. The number of benzene rings is 1. The molecule has 1 N–H and O–H groups in total. The fraction of sp³-hybridized carbons (Fsp3) is 0.333. The first-order chi connectivity index (χ1) is 7.62. The highest BCUT2D eigenvalue weighted by Gasteiger charge is 2.32. The molecule has 86 valence electrons. The average Bonchev–Trinajstić information content (AvgIpc) is 2.30. The summed E-state index contributed by atoms with van der Waals surface area (Å²) >= 11 is 0. The molecule has 0 heterocycles. The lowest BCUT2D eigenvalue weighted by molar-refractivity contribution is 0.166. The summed E-state index contributed by atoms with van der Waals surface area (Å²) in [5, 5.41) is 8.93. The Morgan fingerprint density at radius 3 is 2.50 bits per heavy atom. The molecule has 0 saturated heterocycles. The molecule has 0 unspecified atom stereocenters. The van der Waals surface area contributed by atoms with E-state index in [1.165, 1.54) is 0 Å². The highest BCUT2D eigenvalue weighted by Crippen LogP contribution is 2.24. The minimum atomic E-state index is -3.45. The molecule has 2 atom stereocenters. The zero-order chi connectivity index (χ0) is 11.6. The van der Waals surface area contributed by atoms with Gasteiger partial charge in [-0.05, 0) is 25.0 Å². The second kappa shape index (κ2) is 4.39. The van der Waals surface area contributed by atoms with E-state index >= 15 is 0 Å². The van der Waals surface area contributed by atoms with Gasteiger partial charge >= 0.3 is 0 Å². The third-order valence-electron chi connectivity index (χ3n) is 2.76. The van der Waals surface area contributed by atoms with Crippen LogP contribution in [0.25, 0.3) is 0 Å². The molecule has 0 bridgehead atoms. The van der Waals surface area contributed by atoms with E-state index in [9.17, 15) is 13.5 Å². The van der Waals surface area contributed by atoms with Crippen molar-refractivity contribution >= 4 is 9.84 Å². The predicted octanol–water partition coefficient (Wildman–Crippen LogP) is 1.54. The molecule has 0 radical (unpaired) electrons. The minimum absolute atomic E-state index is 0.269. The van der Waals surface area contributed by atoms with Crippen LogP contribution in [0.2, 0.25) is 0 Å². The fourth-order valence-corrected chi connectivity index (χ4v) is 3.59. The lowest BCUT2D eigenvalue weighted by atomic mass is 10.0. The molecule has 0 amide bonds. The van der Waals surface area contributed by atoms with Crippen LogP contribution in [-0.4, -0.2) is 24.9 Å². The first kappa shape index (κ1) is 11.4. The van der Waals surface area contributed by atoms with Crippen molar-refractivity contribution in [3.05, 3.63) is 42.5 Å². The number of sulfone groups is 1. The van der Waals surface area contributed by atoms with Gasteiger partial charge < -0.3 is 5.11 Å². The van der Waals surface area contributed by atoms with Crippen molar-refractivity contribution in [2.45, 2.75) is 29.1 Å². The topological polar surface area (TPSA) is 54.4 Å². The summed E-state index contributed by atoms with van der Waals surface area (Å²) in [6.07, 6.45) is 3.86. The Morgan fingerprint density at radius 2 is 1.88 bits per heavy atom. The van der Waals surface area contributed by atoms with Crippen LogP contribution >= 0.6 is 0 Å². The average molecular weight is 238 g/mol. The van der Waals surface area contributed by atoms with Crippen molar-refractivity contribution in [3.8, 4) is 0 Å². The van der Waals surface area contributed by atoms with Gasteiger partial charge in [0.05, 0.1) is 11.0 Å². The Labute approximate surface area is 95.3 Å². The Balaban J connectivity index is 2.39. The molecule has 1 aromatic carbocycles. The van der Waals surface area contributed by atoms with Gasteiger partial charge in [0.25, 0.3) is 0 Å². The maximum absolute atomic E-state index is 12.2. The van der Waals surface area contributed by atoms with Crippen LogP contribution in [0, 0.1) is 0 Å². The van der Waals surface area contributed by atoms with Crippen molar-refractivity contribution in [2.24, 2.45) is 0 Å². The van der Waals surface area contributed by atoms with Crippen LogP contribution < -0.4 is 0 Å². The summed E-state index contributed by atoms with van der Waals surface area (Å²) in [4.78, 5) is 0.269. The van der Waals surface area contributed by atoms with Crippen molar-refractivity contribution < 1.29 is 13.5 Å². The van der Waals surface area contributed by atoms with Gasteiger partial charge in [0, 0.05) is 0 Å². The molecule has 0 fully saturated rings. The number of rotatable bonds is 2. The molecular formula is C12H14O3S. The Kier molecular flexibility index (Phi) is 3.12. The zero-order valence-corrected chi connectivity index (χ0v) is 9.60. The van der Waals surface area contributed by atoms with E-state index in [2.05, 4.69) is 0 Å². The maximum atomic E-state index is 12.2. The molecule has 4 heteroatoms. The normalized spacial score (nSPS) is 25.6. The van der Waals surface area contributed by atoms with Gasteiger partial charge in [-0.25, -0.2) is 8.42 Å². The molecule has 0 aliphatic heterocycles. The van der Waals surface area contributed by atoms with Crippen LogP contribution in [0.15, 0.2) is 47.4 Å². The van der Waals surface area contributed by atoms with Crippen molar-refractivity contribution in [2.75, 3.05) is 0 Å². The monoisotopic (exact) mass is 238 g/mol. The minimum Gasteiger partial charge on any atom is -0.391 e. The van der Waals surface area contributed by atoms with Gasteiger partial charge in [0.2, 0.25) is 0 Å². The molecule has 1 aromatic rings. The van der Waals surface area contributed by atoms with Gasteiger partial charge in [-0.3, -0.25) is 0 Å². The summed E-state index contributed by atoms with van der Waals surface area (Å²) in [7, 11) is -3.45. The number of hydrogen-bond donors (Lipinski definition) is 1. The number of hydrogen-bond acceptors (Lipinski definition) is 3. The smallest absolute Gasteiger partial charge is 0.187 e. The highest BCUT2D eigenvalue weighted by molar-refractivity contribution is 7.92. The Hall–Kier alpha value is -1.13. The molecule has 0 aromatic heterocycles. The first-order valence-electron chi connectivity index (χ1n) is 5.26. The Morgan fingerprint density at radius 1 is 1.19 bits per heavy atom. The summed E-state index contributed by atoms with van der Waals surface area (Å²) in [5.74, 6) is 0. The number of aliphatic hydroxyl groups is 1. The number of allylic oxidation sites excluding steroid dienone is 1. The van der Waals surface area contributed by atoms with E-state index in [-0.39, 0.29) is 4.90 Å². The molecule has 3 nitrogen and oxygen atoms in total. The standard InChI is InChI=1S/C12H14O3S/c13-11-8-4-5-9-12(11)16(14,15)10-6-2-1-3-7-10/h1-3,5-7,9,11-13H,4,8H2/t11-,12-/m1/s1. The molecular weight excluding hydrogens is 224 g/mol. The molecule has 0 saturated carbocycles. The quantitative estimate of drug-likeness (QED) is 0.795. The molecule has 1 aliphatic rings. The highest BCUT2D eigenvalue weighted by atomic mass is 32.2. The predicted molar refractivity (Wildman–Crippen MR) is 61.8 cm³/mol. The largest absolute Gasteiger partial charge is 0.391 e. The molecule has 0 spiro atoms. The fourth-order valence-electron chi connectivity index (χ4n) is 1.87. The van der Waals surface area contributed by atoms with Crippen molar-refractivity contribution in [1.82, 2.24) is 0 Å². The van der Waals surface area contributed by atoms with E-state index in [0.717, 1.165) is 6.42 Å². The summed E-state index contributed by atoms with van der Waals surface area (Å²) < 4.78 is 24.4. The van der Waals surface area contributed by atoms with Gasteiger partial charge in [-0.1, -0.05) is 30.4 Å². The Bertz CT molecular complexity index is 476. The van der Waals surface area contributed by atoms with Crippen molar-refractivity contribution in [3.63, 3.8) is 0 Å². The van der Waals surface area contributed by atoms with Crippen LogP contribution in [0.3, 0.4) is 0 Å². The third-order valence-corrected chi connectivity index (χ3v) is 4.88. The SMILES string of the molecule is O=S(=O)(c1ccccc1)[C@@H]1C=CCC[C@H]1O. The van der Waals surface area contributed by atoms with Crippen molar-refractivity contribution in [1.29, 1.82) is 0 Å². The van der Waals surface area contributed by atoms with E-state index in [4.69, 9.17) is 0 Å². The van der Waals surface area contributed by atoms with E-state index in [0.29, 0.717) is 6.42 Å². The third kappa shape index (κ3) is 2.03. The van der Waals surface area contributed by atoms with Crippen LogP contribution in [0.4, 0.5) is 0 Å². The molecule has 2 rings (SSSR count). The van der Waals surface area contributed by atoms with E-state index in [1.807, 2.05) is 6.08 Å². The lowest BCUT2D eigenvalue weighted by Gasteiger charge is -2.22. The summed E-state index contributed by atoms with van der Waals surface area (Å²) in [6, 6.07) is 8.26. The van der Waals surface area contributed by atoms with Crippen LogP contribution in [0.5, 0.6) is 0 Å². The van der Waals surface area contributed by atoms with E-state index in [1.54, 1.807) is 36.4 Å². The first-order valence-corrected chi connectivity index (χ1v) is 6.80. The van der Waals surface area contributed by atoms with E-state index < -0.39 is 21.2 Å². The van der Waals surface area contributed by atoms with Crippen LogP contribution in [-0.2, 0) is 9.84 Å². The van der Waals surface area contributed by atoms with Gasteiger partial charge in [-0.15, -0.1) is 0 Å². The van der Waals surface area contributed by atoms with Gasteiger partial charge in [0.15, 0.2) is 9.84 Å². The summed E-state index contributed by atoms with van der Waals surface area (Å²) in [5.41, 5.74) is 0. The maximum Gasteiger partial charge on any atom is 0.187 e. The lowest BCUT2D eigenvalue weighted by Crippen LogP contribution is -2.34. The second-order valence-electron chi connectivity index (χ2n) is 3.90. The second-order valence-corrected chi connectivity index (χ2v) is 6.00. The molecule has 16 heavy (non-hydrogen) atoms.